The third-order valence-electron chi connectivity index (χ3n) is 3.62. The average molecular weight is 352 g/mol. The van der Waals surface area contributed by atoms with E-state index in [-0.39, 0.29) is 23.3 Å². The van der Waals surface area contributed by atoms with Gasteiger partial charge < -0.3 is 5.32 Å². The lowest BCUT2D eigenvalue weighted by Gasteiger charge is -2.16. The van der Waals surface area contributed by atoms with Gasteiger partial charge in [-0.1, -0.05) is 23.4 Å². The number of carbonyl (C=O) groups excluding carboxylic acids is 1. The van der Waals surface area contributed by atoms with Crippen molar-refractivity contribution in [2.24, 2.45) is 0 Å². The lowest BCUT2D eigenvalue weighted by Crippen LogP contribution is -2.28. The van der Waals surface area contributed by atoms with E-state index in [9.17, 15) is 9.59 Å². The molecule has 0 unspecified atom stereocenters. The molecule has 23 heavy (non-hydrogen) atoms. The molecule has 1 aliphatic rings. The Hall–Kier alpha value is -1.53. The Bertz CT molecular complexity index is 815. The van der Waals surface area contributed by atoms with Crippen molar-refractivity contribution in [3.8, 4) is 0 Å². The average Bonchev–Trinajstić information content (AvgIpc) is 3.28. The molecule has 3 rings (SSSR count). The molecule has 0 bridgehead atoms. The third-order valence-corrected chi connectivity index (χ3v) is 4.81. The lowest BCUT2D eigenvalue weighted by atomic mass is 10.2. The van der Waals surface area contributed by atoms with E-state index < -0.39 is 0 Å². The molecular weight excluding hydrogens is 334 g/mol. The van der Waals surface area contributed by atoms with Gasteiger partial charge in [0.05, 0.1) is 16.7 Å². The van der Waals surface area contributed by atoms with E-state index in [1.165, 1.54) is 11.8 Å². The molecule has 0 radical (unpaired) electrons. The van der Waals surface area contributed by atoms with Gasteiger partial charge in [-0.25, -0.2) is 4.98 Å². The highest BCUT2D eigenvalue weighted by Crippen LogP contribution is 2.23. The zero-order valence-electron chi connectivity index (χ0n) is 13.0. The fourth-order valence-corrected chi connectivity index (χ4v) is 3.44. The van der Waals surface area contributed by atoms with Gasteiger partial charge in [-0.05, 0) is 44.9 Å². The van der Waals surface area contributed by atoms with E-state index >= 15 is 0 Å². The van der Waals surface area contributed by atoms with Gasteiger partial charge in [-0.2, -0.15) is 0 Å². The number of thioether (sulfide) groups is 1. The number of halogens is 1. The Kier molecular flexibility index (Phi) is 4.64. The highest BCUT2D eigenvalue weighted by atomic mass is 35.5. The zero-order valence-corrected chi connectivity index (χ0v) is 14.6. The summed E-state index contributed by atoms with van der Waals surface area (Å²) in [7, 11) is 0. The highest BCUT2D eigenvalue weighted by Gasteiger charge is 2.23. The zero-order chi connectivity index (χ0) is 16.6. The Balaban J connectivity index is 1.94. The fraction of sp³-hybridized carbons (Fsp3) is 0.438. The fourth-order valence-electron chi connectivity index (χ4n) is 2.34. The molecule has 0 atom stereocenters. The van der Waals surface area contributed by atoms with Crippen LogP contribution < -0.4 is 10.9 Å². The van der Waals surface area contributed by atoms with Crippen molar-refractivity contribution in [2.45, 2.75) is 43.9 Å². The van der Waals surface area contributed by atoms with E-state index in [2.05, 4.69) is 10.3 Å². The number of rotatable bonds is 5. The van der Waals surface area contributed by atoms with Gasteiger partial charge in [-0.15, -0.1) is 0 Å². The minimum atomic E-state index is -0.105. The summed E-state index contributed by atoms with van der Waals surface area (Å²) in [6.07, 6.45) is 2.11. The number of fused-ring (bicyclic) bond motifs is 1. The molecule has 122 valence electrons. The summed E-state index contributed by atoms with van der Waals surface area (Å²) in [4.78, 5) is 29.1. The second kappa shape index (κ2) is 6.53. The van der Waals surface area contributed by atoms with Crippen molar-refractivity contribution >= 4 is 40.2 Å². The van der Waals surface area contributed by atoms with E-state index in [4.69, 9.17) is 11.6 Å². The standard InChI is InChI=1S/C16H18ClN3O2S/c1-9(2)20-15(22)12-6-3-10(17)7-13(12)19-16(20)23-8-14(21)18-11-4-5-11/h3,6-7,9,11H,4-5,8H2,1-2H3,(H,18,21). The second-order valence-electron chi connectivity index (χ2n) is 5.96. The van der Waals surface area contributed by atoms with E-state index in [0.717, 1.165) is 12.8 Å². The number of aromatic nitrogens is 2. The maximum atomic E-state index is 12.7. The summed E-state index contributed by atoms with van der Waals surface area (Å²) < 4.78 is 1.63. The van der Waals surface area contributed by atoms with Crippen LogP contribution in [0.5, 0.6) is 0 Å². The summed E-state index contributed by atoms with van der Waals surface area (Å²) in [6, 6.07) is 5.35. The van der Waals surface area contributed by atoms with Gasteiger partial charge in [0.1, 0.15) is 0 Å². The minimum absolute atomic E-state index is 0.0201. The van der Waals surface area contributed by atoms with Crippen LogP contribution in [0.2, 0.25) is 5.02 Å². The van der Waals surface area contributed by atoms with Crippen LogP contribution in [0.4, 0.5) is 0 Å². The second-order valence-corrected chi connectivity index (χ2v) is 7.33. The number of benzene rings is 1. The Morgan fingerprint density at radius 2 is 2.22 bits per heavy atom. The number of nitrogens with zero attached hydrogens (tertiary/aromatic N) is 2. The number of carbonyl (C=O) groups is 1. The first-order valence-corrected chi connectivity index (χ1v) is 8.96. The molecule has 1 saturated carbocycles. The topological polar surface area (TPSA) is 64.0 Å². The smallest absolute Gasteiger partial charge is 0.262 e. The van der Waals surface area contributed by atoms with Gasteiger partial charge in [0.15, 0.2) is 5.16 Å². The molecule has 1 amide bonds. The van der Waals surface area contributed by atoms with E-state index in [0.29, 0.717) is 27.1 Å². The molecule has 0 spiro atoms. The molecule has 1 aliphatic carbocycles. The molecule has 2 aromatic rings. The summed E-state index contributed by atoms with van der Waals surface area (Å²) in [5, 5.41) is 4.56. The summed E-state index contributed by atoms with van der Waals surface area (Å²) >= 11 is 7.28. The van der Waals surface area contributed by atoms with E-state index in [1.807, 2.05) is 13.8 Å². The SMILES string of the molecule is CC(C)n1c(SCC(=O)NC2CC2)nc2cc(Cl)ccc2c1=O. The van der Waals surface area contributed by atoms with Crippen LogP contribution in [0.3, 0.4) is 0 Å². The predicted molar refractivity (Wildman–Crippen MR) is 93.3 cm³/mol. The number of nitrogens with one attached hydrogen (secondary N) is 1. The summed E-state index contributed by atoms with van der Waals surface area (Å²) in [6.45, 7) is 3.86. The summed E-state index contributed by atoms with van der Waals surface area (Å²) in [5.74, 6) is 0.232. The highest BCUT2D eigenvalue weighted by molar-refractivity contribution is 7.99. The number of hydrogen-bond acceptors (Lipinski definition) is 4. The van der Waals surface area contributed by atoms with Gasteiger partial charge in [0.25, 0.3) is 5.56 Å². The largest absolute Gasteiger partial charge is 0.353 e. The first-order chi connectivity index (χ1) is 11.0. The van der Waals surface area contributed by atoms with Gasteiger partial charge in [-0.3, -0.25) is 14.2 Å². The molecule has 1 fully saturated rings. The Morgan fingerprint density at radius 3 is 2.87 bits per heavy atom. The molecule has 0 aliphatic heterocycles. The Labute approximate surface area is 143 Å². The maximum absolute atomic E-state index is 12.7. The van der Waals surface area contributed by atoms with Crippen molar-refractivity contribution in [1.82, 2.24) is 14.9 Å². The van der Waals surface area contributed by atoms with Gasteiger partial charge >= 0.3 is 0 Å². The normalized spacial score (nSPS) is 14.4. The number of amides is 1. The first-order valence-electron chi connectivity index (χ1n) is 7.59. The first kappa shape index (κ1) is 16.3. The lowest BCUT2D eigenvalue weighted by molar-refractivity contribution is -0.118. The van der Waals surface area contributed by atoms with Crippen LogP contribution in [0.1, 0.15) is 32.7 Å². The van der Waals surface area contributed by atoms with Crippen LogP contribution in [0, 0.1) is 0 Å². The van der Waals surface area contributed by atoms with Crippen LogP contribution >= 0.6 is 23.4 Å². The van der Waals surface area contributed by atoms with Gasteiger partial charge in [0, 0.05) is 17.1 Å². The summed E-state index contributed by atoms with van der Waals surface area (Å²) in [5.41, 5.74) is 0.455. The van der Waals surface area contributed by atoms with Crippen LogP contribution in [0.15, 0.2) is 28.2 Å². The molecule has 1 heterocycles. The van der Waals surface area contributed by atoms with Crippen molar-refractivity contribution in [3.05, 3.63) is 33.6 Å². The minimum Gasteiger partial charge on any atom is -0.353 e. The molecule has 0 saturated heterocycles. The van der Waals surface area contributed by atoms with Crippen molar-refractivity contribution in [3.63, 3.8) is 0 Å². The molecular formula is C16H18ClN3O2S. The van der Waals surface area contributed by atoms with E-state index in [1.54, 1.807) is 22.8 Å². The van der Waals surface area contributed by atoms with Crippen LogP contribution in [-0.2, 0) is 4.79 Å². The molecule has 1 N–H and O–H groups in total. The molecule has 1 aromatic carbocycles. The molecule has 1 aromatic heterocycles. The molecule has 7 heteroatoms. The van der Waals surface area contributed by atoms with Crippen LogP contribution in [0.25, 0.3) is 10.9 Å². The molecule has 5 nitrogen and oxygen atoms in total. The Morgan fingerprint density at radius 1 is 1.48 bits per heavy atom. The predicted octanol–water partition coefficient (Wildman–Crippen LogP) is 3.00. The third kappa shape index (κ3) is 3.70. The van der Waals surface area contributed by atoms with Crippen molar-refractivity contribution in [1.29, 1.82) is 0 Å². The van der Waals surface area contributed by atoms with Gasteiger partial charge in [0.2, 0.25) is 5.91 Å². The van der Waals surface area contributed by atoms with Crippen LogP contribution in [-0.4, -0.2) is 27.3 Å². The quantitative estimate of drug-likeness (QED) is 0.664. The maximum Gasteiger partial charge on any atom is 0.262 e. The van der Waals surface area contributed by atoms with Crippen molar-refractivity contribution in [2.75, 3.05) is 5.75 Å². The van der Waals surface area contributed by atoms with Crippen molar-refractivity contribution < 1.29 is 4.79 Å². The monoisotopic (exact) mass is 351 g/mol. The number of hydrogen-bond donors (Lipinski definition) is 1.